The number of aromatic nitrogens is 5. The lowest BCUT2D eigenvalue weighted by Gasteiger charge is -2.25. The molecule has 72 heavy (non-hydrogen) atoms. The van der Waals surface area contributed by atoms with E-state index in [2.05, 4.69) is 20.5 Å². The largest absolute Gasteiger partial charge is 0.481 e. The van der Waals surface area contributed by atoms with Crippen molar-refractivity contribution in [2.75, 3.05) is 16.8 Å². The molecule has 2 aromatic carbocycles. The maximum absolute atomic E-state index is 15.6. The Kier molecular flexibility index (Phi) is 12.9. The molecule has 2 saturated carbocycles. The van der Waals surface area contributed by atoms with Gasteiger partial charge in [-0.15, -0.1) is 0 Å². The van der Waals surface area contributed by atoms with Gasteiger partial charge in [-0.05, 0) is 81.7 Å². The van der Waals surface area contributed by atoms with Crippen LogP contribution in [0.1, 0.15) is 79.0 Å². The van der Waals surface area contributed by atoms with Crippen molar-refractivity contribution < 1.29 is 80.2 Å². The van der Waals surface area contributed by atoms with Gasteiger partial charge in [0.1, 0.15) is 30.4 Å². The minimum absolute atomic E-state index is 0.0298. The molecule has 3 heterocycles. The molecule has 0 saturated heterocycles. The second-order valence-electron chi connectivity index (χ2n) is 18.8. The summed E-state index contributed by atoms with van der Waals surface area (Å²) in [7, 11) is -8.59. The Hall–Kier alpha value is -5.83. The van der Waals surface area contributed by atoms with E-state index in [1.807, 2.05) is 0 Å². The van der Waals surface area contributed by atoms with Gasteiger partial charge in [-0.25, -0.2) is 25.6 Å². The minimum atomic E-state index is -5.22. The van der Waals surface area contributed by atoms with Crippen LogP contribution < -0.4 is 9.62 Å². The van der Waals surface area contributed by atoms with Crippen molar-refractivity contribution in [2.45, 2.75) is 94.0 Å². The molecule has 0 spiro atoms. The number of nitrogens with one attached hydrogen (secondary N) is 1. The SMILES string of the molecule is CC(C)(CCc1ccc(-c2ccc(Cl)c3c(N(C(=O)[C@H]4C[C@H]4C(=O)O)S(C)(=O)=O)nn(CC(F)(F)F)c23)c([C@H](Cc2cc(F)cc(F)c2)NC(=O)Cn2nc(C(F)(F)F)c3c2C(F)(F)[C@@H]2C[C@H]32)n1)S(C)(=O)=O. The van der Waals surface area contributed by atoms with Gasteiger partial charge in [-0.2, -0.15) is 49.6 Å². The molecule has 2 fully saturated rings. The highest BCUT2D eigenvalue weighted by Gasteiger charge is 2.68. The molecule has 8 rings (SSSR count). The van der Waals surface area contributed by atoms with Gasteiger partial charge in [0.25, 0.3) is 5.92 Å². The van der Waals surface area contributed by atoms with E-state index in [4.69, 9.17) is 11.6 Å². The van der Waals surface area contributed by atoms with Crippen LogP contribution in [0.25, 0.3) is 22.0 Å². The van der Waals surface area contributed by atoms with Crippen LogP contribution in [0, 0.1) is 29.4 Å². The van der Waals surface area contributed by atoms with Gasteiger partial charge in [0.15, 0.2) is 21.3 Å². The molecule has 0 unspecified atom stereocenters. The summed E-state index contributed by atoms with van der Waals surface area (Å²) in [6.45, 7) is -0.483. The summed E-state index contributed by atoms with van der Waals surface area (Å²) in [5.74, 6) is -16.7. The van der Waals surface area contributed by atoms with E-state index < -0.39 is 160 Å². The monoisotopic (exact) mass is 1080 g/mol. The third kappa shape index (κ3) is 9.98. The highest BCUT2D eigenvalue weighted by molar-refractivity contribution is 7.93. The fraction of sp³-hybridized carbons (Fsp3) is 0.455. The summed E-state index contributed by atoms with van der Waals surface area (Å²) in [4.78, 5) is 44.4. The lowest BCUT2D eigenvalue weighted by molar-refractivity contribution is -0.143. The van der Waals surface area contributed by atoms with Crippen LogP contribution in [0.5, 0.6) is 0 Å². The smallest absolute Gasteiger partial charge is 0.435 e. The first-order valence-corrected chi connectivity index (χ1v) is 25.7. The third-order valence-electron chi connectivity index (χ3n) is 13.1. The lowest BCUT2D eigenvalue weighted by Crippen LogP contribution is -2.38. The highest BCUT2D eigenvalue weighted by atomic mass is 35.5. The molecule has 0 aliphatic heterocycles. The van der Waals surface area contributed by atoms with Crippen LogP contribution in [0.15, 0.2) is 42.5 Å². The number of hydrogen-bond acceptors (Lipinski definition) is 10. The molecule has 2 N–H and O–H groups in total. The molecule has 3 aliphatic carbocycles. The molecule has 3 aromatic heterocycles. The van der Waals surface area contributed by atoms with Crippen molar-refractivity contribution in [1.82, 2.24) is 29.9 Å². The number of benzene rings is 2. The molecule has 5 aromatic rings. The van der Waals surface area contributed by atoms with E-state index in [1.165, 1.54) is 26.0 Å². The number of aliphatic carboxylic acids is 1. The summed E-state index contributed by atoms with van der Waals surface area (Å²) in [6, 6.07) is 5.09. The Balaban J connectivity index is 1.34. The van der Waals surface area contributed by atoms with Gasteiger partial charge < -0.3 is 10.4 Å². The molecule has 15 nitrogen and oxygen atoms in total. The lowest BCUT2D eigenvalue weighted by atomic mass is 9.93. The quantitative estimate of drug-likeness (QED) is 0.0910. The van der Waals surface area contributed by atoms with Crippen molar-refractivity contribution in [3.8, 4) is 11.1 Å². The molecule has 3 aliphatic rings. The summed E-state index contributed by atoms with van der Waals surface area (Å²) >= 11 is 6.63. The molecular formula is C44H40ClF10N7O8S2. The molecule has 28 heteroatoms. The number of carbonyl (C=O) groups excluding carboxylic acids is 2. The average Bonchev–Trinajstić information content (AvgIpc) is 4.12. The number of carbonyl (C=O) groups is 3. The van der Waals surface area contributed by atoms with Crippen molar-refractivity contribution in [2.24, 2.45) is 17.8 Å². The van der Waals surface area contributed by atoms with Crippen LogP contribution in [0.3, 0.4) is 0 Å². The molecule has 5 atom stereocenters. The van der Waals surface area contributed by atoms with Crippen LogP contribution in [0.4, 0.5) is 49.7 Å². The molecule has 388 valence electrons. The summed E-state index contributed by atoms with van der Waals surface area (Å²) in [5, 5.41) is 18.2. The molecule has 0 radical (unpaired) electrons. The number of carboxylic acids is 1. The Bertz CT molecular complexity index is 3300. The zero-order chi connectivity index (χ0) is 53.2. The number of hydrogen-bond donors (Lipinski definition) is 2. The number of alkyl halides is 8. The maximum Gasteiger partial charge on any atom is 0.435 e. The fourth-order valence-corrected chi connectivity index (χ4v) is 10.7. The van der Waals surface area contributed by atoms with Gasteiger partial charge >= 0.3 is 18.3 Å². The van der Waals surface area contributed by atoms with E-state index in [1.54, 1.807) is 0 Å². The van der Waals surface area contributed by atoms with Crippen LogP contribution in [-0.4, -0.2) is 87.7 Å². The van der Waals surface area contributed by atoms with Gasteiger partial charge in [-0.1, -0.05) is 23.7 Å². The van der Waals surface area contributed by atoms with Gasteiger partial charge in [0, 0.05) is 40.6 Å². The molecule has 2 amide bonds. The topological polar surface area (TPSA) is 204 Å². The van der Waals surface area contributed by atoms with Gasteiger partial charge in [0.05, 0.1) is 50.5 Å². The van der Waals surface area contributed by atoms with Crippen molar-refractivity contribution in [1.29, 1.82) is 0 Å². The zero-order valence-electron chi connectivity index (χ0n) is 37.8. The Morgan fingerprint density at radius 1 is 0.917 bits per heavy atom. The number of carboxylic acid groups (broad SMARTS) is 1. The van der Waals surface area contributed by atoms with Crippen LogP contribution in [-0.2, 0) is 72.3 Å². The van der Waals surface area contributed by atoms with Crippen LogP contribution in [0.2, 0.25) is 5.02 Å². The molecule has 0 bridgehead atoms. The fourth-order valence-electron chi connectivity index (χ4n) is 9.14. The van der Waals surface area contributed by atoms with Crippen molar-refractivity contribution in [3.05, 3.63) is 93.0 Å². The van der Waals surface area contributed by atoms with E-state index in [9.17, 15) is 71.4 Å². The normalized spacial score (nSPS) is 20.0. The number of pyridine rings is 1. The van der Waals surface area contributed by atoms with E-state index in [0.717, 1.165) is 30.5 Å². The van der Waals surface area contributed by atoms with Gasteiger partial charge in [-0.3, -0.25) is 28.7 Å². The second-order valence-corrected chi connectivity index (χ2v) is 23.7. The van der Waals surface area contributed by atoms with E-state index in [-0.39, 0.29) is 67.4 Å². The molecular weight excluding hydrogens is 1040 g/mol. The number of amides is 2. The number of fused-ring (bicyclic) bond motifs is 4. The number of sulfone groups is 1. The van der Waals surface area contributed by atoms with E-state index >= 15 is 8.78 Å². The number of nitrogens with zero attached hydrogens (tertiary/aromatic N) is 6. The van der Waals surface area contributed by atoms with Crippen LogP contribution >= 0.6 is 11.6 Å². The number of sulfonamides is 1. The number of halogens is 11. The maximum atomic E-state index is 15.6. The third-order valence-corrected chi connectivity index (χ3v) is 16.6. The summed E-state index contributed by atoms with van der Waals surface area (Å²) in [5.41, 5.74) is -5.39. The predicted molar refractivity (Wildman–Crippen MR) is 236 cm³/mol. The first kappa shape index (κ1) is 52.5. The Morgan fingerprint density at radius 2 is 1.56 bits per heavy atom. The van der Waals surface area contributed by atoms with Crippen molar-refractivity contribution in [3.63, 3.8) is 0 Å². The number of anilines is 1. The van der Waals surface area contributed by atoms with Crippen molar-refractivity contribution >= 4 is 66.0 Å². The Labute approximate surface area is 407 Å². The summed E-state index contributed by atoms with van der Waals surface area (Å²) in [6.07, 6.45) is -10.5. The highest BCUT2D eigenvalue weighted by Crippen LogP contribution is 2.68. The predicted octanol–water partition coefficient (Wildman–Crippen LogP) is 7.89. The Morgan fingerprint density at radius 3 is 2.12 bits per heavy atom. The minimum Gasteiger partial charge on any atom is -0.481 e. The summed E-state index contributed by atoms with van der Waals surface area (Å²) < 4.78 is 198. The first-order valence-electron chi connectivity index (χ1n) is 21.6. The first-order chi connectivity index (χ1) is 33.1. The zero-order valence-corrected chi connectivity index (χ0v) is 40.2. The number of aryl methyl sites for hydroxylation is 1. The standard InChI is InChI=1S/C44H40ClF10N7O8S2/c1-41(2,71(3,67)68)10-9-22-5-6-23(24-7-8-29(45)33-35(24)61(18-42(48,49)50)59-38(33)62(72(4,69)70)39(64)25-15-26(25)40(65)66)34(56-22)30(13-19-11-20(46)14-21(47)12-19)57-31(63)17-60-37-32(36(58-60)44(53,54)55)27-16-28(27)43(37,51)52/h5-8,11-12,14,25-28,30H,9-10,13,15-18H2,1-4H3,(H,57,63)(H,65,66)/t25-,26+,27-,28+,30-/m0/s1. The van der Waals surface area contributed by atoms with E-state index in [0.29, 0.717) is 12.3 Å². The second kappa shape index (κ2) is 17.7. The number of rotatable bonds is 16. The average molecular weight is 1080 g/mol. The van der Waals surface area contributed by atoms with Gasteiger partial charge in [0.2, 0.25) is 21.8 Å².